The molecule has 1 fully saturated rings. The molecule has 0 bridgehead atoms. The van der Waals surface area contributed by atoms with Gasteiger partial charge in [-0.15, -0.1) is 0 Å². The van der Waals surface area contributed by atoms with Gasteiger partial charge in [-0.2, -0.15) is 0 Å². The molecule has 0 amide bonds. The first kappa shape index (κ1) is 14.9. The minimum atomic E-state index is 0.859. The van der Waals surface area contributed by atoms with E-state index in [1.807, 2.05) is 0 Å². The van der Waals surface area contributed by atoms with Gasteiger partial charge < -0.3 is 15.0 Å². The molecule has 102 valence electrons. The third-order valence-corrected chi connectivity index (χ3v) is 3.62. The number of hydrogen-bond acceptors (Lipinski definition) is 3. The fraction of sp³-hybridized carbons (Fsp3) is 1.00. The highest BCUT2D eigenvalue weighted by Crippen LogP contribution is 2.17. The lowest BCUT2D eigenvalue weighted by molar-refractivity contribution is 0.132. The topological polar surface area (TPSA) is 24.5 Å². The Balaban J connectivity index is 1.81. The molecule has 1 N–H and O–H groups in total. The van der Waals surface area contributed by atoms with Gasteiger partial charge in [0.05, 0.1) is 6.61 Å². The van der Waals surface area contributed by atoms with Crippen LogP contribution in [0, 0.1) is 5.92 Å². The zero-order chi connectivity index (χ0) is 12.3. The highest BCUT2D eigenvalue weighted by atomic mass is 16.5. The van der Waals surface area contributed by atoms with Gasteiger partial charge in [-0.25, -0.2) is 0 Å². The normalized spacial score (nSPS) is 21.2. The Morgan fingerprint density at radius 2 is 2.12 bits per heavy atom. The van der Waals surface area contributed by atoms with Crippen LogP contribution in [0.25, 0.3) is 0 Å². The van der Waals surface area contributed by atoms with E-state index < -0.39 is 0 Å². The van der Waals surface area contributed by atoms with Crippen LogP contribution < -0.4 is 5.32 Å². The lowest BCUT2D eigenvalue weighted by Gasteiger charge is -2.15. The molecule has 0 saturated carbocycles. The first-order valence-electron chi connectivity index (χ1n) is 7.37. The van der Waals surface area contributed by atoms with Gasteiger partial charge in [0.25, 0.3) is 0 Å². The van der Waals surface area contributed by atoms with E-state index in [0.29, 0.717) is 0 Å². The first-order chi connectivity index (χ1) is 8.36. The van der Waals surface area contributed by atoms with Gasteiger partial charge in [0.1, 0.15) is 0 Å². The van der Waals surface area contributed by atoms with Crippen molar-refractivity contribution in [1.82, 2.24) is 10.2 Å². The van der Waals surface area contributed by atoms with Crippen LogP contribution in [0.4, 0.5) is 0 Å². The average Bonchev–Trinajstić information content (AvgIpc) is 2.80. The van der Waals surface area contributed by atoms with Crippen LogP contribution in [0.2, 0.25) is 0 Å². The fourth-order valence-electron chi connectivity index (χ4n) is 2.30. The molecule has 1 atom stereocenters. The van der Waals surface area contributed by atoms with Gasteiger partial charge in [0.2, 0.25) is 0 Å². The molecular weight excluding hydrogens is 212 g/mol. The zero-order valence-corrected chi connectivity index (χ0v) is 11.7. The van der Waals surface area contributed by atoms with E-state index in [0.717, 1.165) is 32.2 Å². The molecule has 1 aliphatic rings. The maximum Gasteiger partial charge on any atom is 0.0590 e. The van der Waals surface area contributed by atoms with Crippen molar-refractivity contribution in [2.45, 2.75) is 39.5 Å². The molecule has 0 aliphatic carbocycles. The fourth-order valence-corrected chi connectivity index (χ4v) is 2.30. The smallest absolute Gasteiger partial charge is 0.0590 e. The Kier molecular flexibility index (Phi) is 8.67. The van der Waals surface area contributed by atoms with E-state index >= 15 is 0 Å². The predicted molar refractivity (Wildman–Crippen MR) is 73.4 cm³/mol. The average molecular weight is 242 g/mol. The Bertz CT molecular complexity index is 176. The first-order valence-corrected chi connectivity index (χ1v) is 7.37. The second kappa shape index (κ2) is 9.86. The molecule has 3 nitrogen and oxygen atoms in total. The van der Waals surface area contributed by atoms with E-state index in [9.17, 15) is 0 Å². The van der Waals surface area contributed by atoms with Crippen LogP contribution in [0.3, 0.4) is 0 Å². The van der Waals surface area contributed by atoms with E-state index in [-0.39, 0.29) is 0 Å². The molecule has 0 aromatic rings. The minimum Gasteiger partial charge on any atom is -0.380 e. The highest BCUT2D eigenvalue weighted by molar-refractivity contribution is 4.74. The summed E-state index contributed by atoms with van der Waals surface area (Å²) >= 11 is 0. The Morgan fingerprint density at radius 1 is 1.24 bits per heavy atom. The summed E-state index contributed by atoms with van der Waals surface area (Å²) in [6.45, 7) is 12.2. The second-order valence-electron chi connectivity index (χ2n) is 5.08. The van der Waals surface area contributed by atoms with Crippen LogP contribution in [0.15, 0.2) is 0 Å². The summed E-state index contributed by atoms with van der Waals surface area (Å²) in [7, 11) is 0. The van der Waals surface area contributed by atoms with Crippen molar-refractivity contribution in [2.75, 3.05) is 45.9 Å². The van der Waals surface area contributed by atoms with Crippen LogP contribution in [-0.4, -0.2) is 50.8 Å². The summed E-state index contributed by atoms with van der Waals surface area (Å²) in [5.41, 5.74) is 0. The van der Waals surface area contributed by atoms with Gasteiger partial charge in [-0.3, -0.25) is 0 Å². The monoisotopic (exact) mass is 242 g/mol. The van der Waals surface area contributed by atoms with Crippen LogP contribution in [0.1, 0.15) is 39.5 Å². The molecule has 0 radical (unpaired) electrons. The van der Waals surface area contributed by atoms with Crippen LogP contribution in [-0.2, 0) is 4.74 Å². The number of likely N-dealkylation sites (tertiary alicyclic amines) is 1. The van der Waals surface area contributed by atoms with Crippen molar-refractivity contribution < 1.29 is 4.74 Å². The van der Waals surface area contributed by atoms with E-state index in [1.54, 1.807) is 0 Å². The van der Waals surface area contributed by atoms with E-state index in [4.69, 9.17) is 4.74 Å². The molecule has 1 aliphatic heterocycles. The molecule has 3 heteroatoms. The maximum absolute atomic E-state index is 5.50. The van der Waals surface area contributed by atoms with Gasteiger partial charge in [0, 0.05) is 32.8 Å². The summed E-state index contributed by atoms with van der Waals surface area (Å²) in [5, 5.41) is 3.46. The predicted octanol–water partition coefficient (Wildman–Crippen LogP) is 2.12. The minimum absolute atomic E-state index is 0.859. The van der Waals surface area contributed by atoms with Crippen molar-refractivity contribution in [1.29, 1.82) is 0 Å². The van der Waals surface area contributed by atoms with E-state index in [2.05, 4.69) is 24.1 Å². The van der Waals surface area contributed by atoms with Crippen molar-refractivity contribution >= 4 is 0 Å². The molecule has 1 rings (SSSR count). The van der Waals surface area contributed by atoms with Gasteiger partial charge in [-0.1, -0.05) is 26.7 Å². The number of nitrogens with zero attached hydrogens (tertiary/aromatic N) is 1. The molecule has 0 spiro atoms. The largest absolute Gasteiger partial charge is 0.380 e. The third kappa shape index (κ3) is 7.02. The lowest BCUT2D eigenvalue weighted by Crippen LogP contribution is -2.32. The van der Waals surface area contributed by atoms with Crippen molar-refractivity contribution in [2.24, 2.45) is 5.92 Å². The summed E-state index contributed by atoms with van der Waals surface area (Å²) < 4.78 is 5.50. The molecule has 1 unspecified atom stereocenters. The number of rotatable bonds is 10. The van der Waals surface area contributed by atoms with E-state index in [1.165, 1.54) is 45.3 Å². The Labute approximate surface area is 107 Å². The number of unbranched alkanes of at least 4 members (excludes halogenated alkanes) is 1. The zero-order valence-electron chi connectivity index (χ0n) is 11.7. The number of ether oxygens (including phenoxy) is 1. The van der Waals surface area contributed by atoms with Crippen molar-refractivity contribution in [3.63, 3.8) is 0 Å². The molecule has 0 aromatic heterocycles. The second-order valence-corrected chi connectivity index (χ2v) is 5.08. The molecular formula is C14H30N2O. The molecule has 1 heterocycles. The summed E-state index contributed by atoms with van der Waals surface area (Å²) in [6, 6.07) is 0. The van der Waals surface area contributed by atoms with Crippen LogP contribution >= 0.6 is 0 Å². The summed E-state index contributed by atoms with van der Waals surface area (Å²) in [5.74, 6) is 0.951. The standard InChI is InChI=1S/C14H30N2O/c1-3-5-11-17-12-8-15-7-10-16-9-6-14(4-2)13-16/h14-15H,3-13H2,1-2H3. The highest BCUT2D eigenvalue weighted by Gasteiger charge is 2.19. The lowest BCUT2D eigenvalue weighted by atomic mass is 10.1. The Morgan fingerprint density at radius 3 is 2.82 bits per heavy atom. The molecule has 1 saturated heterocycles. The maximum atomic E-state index is 5.50. The Hall–Kier alpha value is -0.120. The number of hydrogen-bond donors (Lipinski definition) is 1. The summed E-state index contributed by atoms with van der Waals surface area (Å²) in [6.07, 6.45) is 5.15. The van der Waals surface area contributed by atoms with Crippen molar-refractivity contribution in [3.05, 3.63) is 0 Å². The quantitative estimate of drug-likeness (QED) is 0.594. The van der Waals surface area contributed by atoms with Crippen LogP contribution in [0.5, 0.6) is 0 Å². The number of nitrogens with one attached hydrogen (secondary N) is 1. The third-order valence-electron chi connectivity index (χ3n) is 3.62. The van der Waals surface area contributed by atoms with Gasteiger partial charge >= 0.3 is 0 Å². The summed E-state index contributed by atoms with van der Waals surface area (Å²) in [4.78, 5) is 2.58. The molecule has 17 heavy (non-hydrogen) atoms. The van der Waals surface area contributed by atoms with Gasteiger partial charge in [0.15, 0.2) is 0 Å². The van der Waals surface area contributed by atoms with Gasteiger partial charge in [-0.05, 0) is 25.3 Å². The van der Waals surface area contributed by atoms with Crippen molar-refractivity contribution in [3.8, 4) is 0 Å². The molecule has 0 aromatic carbocycles. The SMILES string of the molecule is CCCCOCCNCCN1CCC(CC)C1.